The van der Waals surface area contributed by atoms with E-state index in [1.54, 1.807) is 0 Å². The van der Waals surface area contributed by atoms with Gasteiger partial charge in [0.05, 0.1) is 20.6 Å². The van der Waals surface area contributed by atoms with Crippen LogP contribution < -0.4 is 12.4 Å². The summed E-state index contributed by atoms with van der Waals surface area (Å²) in [5, 5.41) is 18.0. The molecule has 0 saturated carbocycles. The van der Waals surface area contributed by atoms with Crippen molar-refractivity contribution in [3.8, 4) is 0 Å². The van der Waals surface area contributed by atoms with Crippen molar-refractivity contribution in [2.24, 2.45) is 0 Å². The van der Waals surface area contributed by atoms with Crippen LogP contribution in [0.25, 0.3) is 0 Å². The number of aliphatic hydroxyl groups is 2. The average Bonchev–Trinajstić information content (AvgIpc) is 2.30. The zero-order valence-corrected chi connectivity index (χ0v) is 14.5. The second-order valence-corrected chi connectivity index (χ2v) is 6.50. The number of unbranched alkanes of at least 4 members (excludes halogenated alkanes) is 9. The lowest BCUT2D eigenvalue weighted by atomic mass is 10.1. The highest BCUT2D eigenvalue weighted by Gasteiger charge is 2.17. The Hall–Kier alpha value is 0.170. The van der Waals surface area contributed by atoms with Gasteiger partial charge in [0, 0.05) is 0 Å². The molecule has 2 N–H and O–H groups in total. The molecule has 0 aromatic rings. The molecule has 0 aliphatic heterocycles. The third-order valence-electron chi connectivity index (χ3n) is 3.77. The summed E-state index contributed by atoms with van der Waals surface area (Å²) >= 11 is 0. The molecule has 124 valence electrons. The smallest absolute Gasteiger partial charge is 0.202 e. The minimum Gasteiger partial charge on any atom is -1.00 e. The molecule has 0 radical (unpaired) electrons. The van der Waals surface area contributed by atoms with Crippen LogP contribution in [0.5, 0.6) is 0 Å². The molecular formula is C16H36ClNO2. The molecule has 0 heterocycles. The maximum absolute atomic E-state index is 8.99. The topological polar surface area (TPSA) is 40.5 Å². The van der Waals surface area contributed by atoms with Crippen LogP contribution in [0.4, 0.5) is 0 Å². The molecule has 0 saturated heterocycles. The summed E-state index contributed by atoms with van der Waals surface area (Å²) in [5.41, 5.74) is 0. The zero-order chi connectivity index (χ0) is 14.6. The molecule has 0 aromatic heterocycles. The fraction of sp³-hybridized carbons (Fsp3) is 1.00. The standard InChI is InChI=1S/C16H36NO2.ClH/c1-4-5-6-7-8-9-10-11-12-13-14-17(2,3)15-16(18)19;/h16,18-19H,4-15H2,1-3H3;1H/q+1;/p-1. The Bertz CT molecular complexity index is 199. The number of likely N-dealkylation sites (N-methyl/N-ethyl adjacent to an activating group) is 1. The van der Waals surface area contributed by atoms with Gasteiger partial charge in [0.25, 0.3) is 0 Å². The van der Waals surface area contributed by atoms with Crippen molar-refractivity contribution >= 4 is 0 Å². The number of quaternary nitrogens is 1. The first-order valence-corrected chi connectivity index (χ1v) is 8.16. The van der Waals surface area contributed by atoms with Gasteiger partial charge in [-0.1, -0.05) is 58.3 Å². The van der Waals surface area contributed by atoms with Crippen LogP contribution in [0.15, 0.2) is 0 Å². The Morgan fingerprint density at radius 1 is 0.750 bits per heavy atom. The normalized spacial score (nSPS) is 11.7. The molecule has 0 rings (SSSR count). The summed E-state index contributed by atoms with van der Waals surface area (Å²) < 4.78 is 0.703. The molecule has 0 amide bonds. The number of aliphatic hydroxyl groups excluding tert-OH is 1. The number of hydrogen-bond donors (Lipinski definition) is 2. The van der Waals surface area contributed by atoms with Crippen LogP contribution in [0, 0.1) is 0 Å². The van der Waals surface area contributed by atoms with Crippen molar-refractivity contribution in [2.45, 2.75) is 77.4 Å². The molecule has 0 aliphatic rings. The van der Waals surface area contributed by atoms with Gasteiger partial charge >= 0.3 is 0 Å². The van der Waals surface area contributed by atoms with Crippen LogP contribution in [-0.2, 0) is 0 Å². The van der Waals surface area contributed by atoms with Crippen molar-refractivity contribution < 1.29 is 27.1 Å². The van der Waals surface area contributed by atoms with Gasteiger partial charge in [-0.15, -0.1) is 0 Å². The van der Waals surface area contributed by atoms with Crippen LogP contribution >= 0.6 is 0 Å². The first-order valence-electron chi connectivity index (χ1n) is 8.16. The number of nitrogens with zero attached hydrogens (tertiary/aromatic N) is 1. The summed E-state index contributed by atoms with van der Waals surface area (Å²) in [6, 6.07) is 0. The molecule has 0 bridgehead atoms. The van der Waals surface area contributed by atoms with Crippen LogP contribution in [0.2, 0.25) is 0 Å². The lowest BCUT2D eigenvalue weighted by Gasteiger charge is -2.30. The quantitative estimate of drug-likeness (QED) is 0.292. The number of halogens is 1. The molecule has 0 unspecified atom stereocenters. The maximum Gasteiger partial charge on any atom is 0.202 e. The molecule has 0 aliphatic carbocycles. The lowest BCUT2D eigenvalue weighted by Crippen LogP contribution is -3.00. The van der Waals surface area contributed by atoms with Gasteiger partial charge in [-0.25, -0.2) is 0 Å². The predicted molar refractivity (Wildman–Crippen MR) is 81.9 cm³/mol. The molecule has 0 aromatic carbocycles. The Kier molecular flexibility index (Phi) is 15.9. The summed E-state index contributed by atoms with van der Waals surface area (Å²) in [6.07, 6.45) is 12.3. The fourth-order valence-corrected chi connectivity index (χ4v) is 2.56. The van der Waals surface area contributed by atoms with Crippen molar-refractivity contribution in [3.63, 3.8) is 0 Å². The van der Waals surface area contributed by atoms with Gasteiger partial charge in [-0.3, -0.25) is 0 Å². The van der Waals surface area contributed by atoms with E-state index in [1.807, 2.05) is 0 Å². The van der Waals surface area contributed by atoms with Crippen LogP contribution in [-0.4, -0.2) is 48.2 Å². The third-order valence-corrected chi connectivity index (χ3v) is 3.77. The molecule has 3 nitrogen and oxygen atoms in total. The van der Waals surface area contributed by atoms with Gasteiger partial charge in [-0.2, -0.15) is 0 Å². The van der Waals surface area contributed by atoms with Gasteiger partial charge in [0.2, 0.25) is 6.29 Å². The van der Waals surface area contributed by atoms with Gasteiger partial charge < -0.3 is 27.1 Å². The van der Waals surface area contributed by atoms with Crippen molar-refractivity contribution in [2.75, 3.05) is 27.2 Å². The van der Waals surface area contributed by atoms with E-state index in [-0.39, 0.29) is 12.4 Å². The number of rotatable bonds is 13. The Morgan fingerprint density at radius 3 is 1.55 bits per heavy atom. The second-order valence-electron chi connectivity index (χ2n) is 6.50. The summed E-state index contributed by atoms with van der Waals surface area (Å²) in [5.74, 6) is 0. The third kappa shape index (κ3) is 16.2. The minimum absolute atomic E-state index is 0. The Labute approximate surface area is 132 Å². The second kappa shape index (κ2) is 14.1. The maximum atomic E-state index is 8.99. The van der Waals surface area contributed by atoms with Crippen molar-refractivity contribution in [1.82, 2.24) is 0 Å². The van der Waals surface area contributed by atoms with E-state index in [2.05, 4.69) is 21.0 Å². The fourth-order valence-electron chi connectivity index (χ4n) is 2.56. The van der Waals surface area contributed by atoms with E-state index in [1.165, 1.54) is 64.2 Å². The highest BCUT2D eigenvalue weighted by molar-refractivity contribution is 4.48. The molecular weight excluding hydrogens is 274 g/mol. The predicted octanol–water partition coefficient (Wildman–Crippen LogP) is 0.298. The first-order chi connectivity index (χ1) is 8.98. The monoisotopic (exact) mass is 309 g/mol. The van der Waals surface area contributed by atoms with E-state index in [0.29, 0.717) is 11.0 Å². The van der Waals surface area contributed by atoms with E-state index < -0.39 is 6.29 Å². The number of hydrogen-bond acceptors (Lipinski definition) is 2. The zero-order valence-electron chi connectivity index (χ0n) is 13.8. The largest absolute Gasteiger partial charge is 1.00 e. The molecule has 0 fully saturated rings. The molecule has 0 spiro atoms. The van der Waals surface area contributed by atoms with Crippen LogP contribution in [0.1, 0.15) is 71.1 Å². The minimum atomic E-state index is -1.18. The molecule has 0 atom stereocenters. The summed E-state index contributed by atoms with van der Waals surface area (Å²) in [6.45, 7) is 3.72. The molecule has 4 heteroatoms. The summed E-state index contributed by atoms with van der Waals surface area (Å²) in [4.78, 5) is 0. The highest BCUT2D eigenvalue weighted by atomic mass is 35.5. The lowest BCUT2D eigenvalue weighted by molar-refractivity contribution is -0.896. The first kappa shape index (κ1) is 22.5. The Morgan fingerprint density at radius 2 is 1.15 bits per heavy atom. The summed E-state index contributed by atoms with van der Waals surface area (Å²) in [7, 11) is 4.13. The van der Waals surface area contributed by atoms with Crippen LogP contribution in [0.3, 0.4) is 0 Å². The van der Waals surface area contributed by atoms with Gasteiger partial charge in [-0.05, 0) is 12.8 Å². The van der Waals surface area contributed by atoms with E-state index in [9.17, 15) is 0 Å². The average molecular weight is 310 g/mol. The van der Waals surface area contributed by atoms with E-state index >= 15 is 0 Å². The van der Waals surface area contributed by atoms with Crippen molar-refractivity contribution in [1.29, 1.82) is 0 Å². The highest BCUT2D eigenvalue weighted by Crippen LogP contribution is 2.11. The van der Waals surface area contributed by atoms with Gasteiger partial charge in [0.1, 0.15) is 6.54 Å². The molecule has 20 heavy (non-hydrogen) atoms. The van der Waals surface area contributed by atoms with E-state index in [4.69, 9.17) is 10.2 Å². The van der Waals surface area contributed by atoms with Crippen molar-refractivity contribution in [3.05, 3.63) is 0 Å². The Balaban J connectivity index is 0. The SMILES string of the molecule is CCCCCCCCCCCC[N+](C)(C)CC(O)O.[Cl-]. The van der Waals surface area contributed by atoms with Gasteiger partial charge in [0.15, 0.2) is 0 Å². The van der Waals surface area contributed by atoms with E-state index in [0.717, 1.165) is 6.54 Å².